The van der Waals surface area contributed by atoms with Gasteiger partial charge in [-0.05, 0) is 58.8 Å². The first-order valence-corrected chi connectivity index (χ1v) is 8.91. The zero-order valence-corrected chi connectivity index (χ0v) is 16.2. The lowest BCUT2D eigenvalue weighted by atomic mass is 9.85. The Hall–Kier alpha value is -1.52. The molecule has 0 bridgehead atoms. The quantitative estimate of drug-likeness (QED) is 0.470. The van der Waals surface area contributed by atoms with Crippen molar-refractivity contribution >= 4 is 12.1 Å². The van der Waals surface area contributed by atoms with E-state index in [0.29, 0.717) is 5.92 Å². The van der Waals surface area contributed by atoms with E-state index in [1.54, 1.807) is 27.7 Å². The molecule has 3 atom stereocenters. The van der Waals surface area contributed by atoms with E-state index in [-0.39, 0.29) is 12.5 Å². The smallest absolute Gasteiger partial charge is 0.408 e. The van der Waals surface area contributed by atoms with Crippen molar-refractivity contribution < 1.29 is 19.1 Å². The van der Waals surface area contributed by atoms with Crippen molar-refractivity contribution in [3.63, 3.8) is 0 Å². The number of amides is 1. The monoisotopic (exact) mass is 341 g/mol. The van der Waals surface area contributed by atoms with Crippen molar-refractivity contribution in [3.8, 4) is 0 Å². The molecule has 0 radical (unpaired) electrons. The summed E-state index contributed by atoms with van der Waals surface area (Å²) in [5.74, 6) is 0.0489. The van der Waals surface area contributed by atoms with Crippen molar-refractivity contribution in [1.29, 1.82) is 0 Å². The maximum absolute atomic E-state index is 12.3. The molecule has 0 aliphatic rings. The predicted octanol–water partition coefficient (Wildman–Crippen LogP) is 4.46. The minimum Gasteiger partial charge on any atom is -0.464 e. The third-order valence-corrected chi connectivity index (χ3v) is 3.78. The van der Waals surface area contributed by atoms with Crippen LogP contribution < -0.4 is 5.32 Å². The number of ether oxygens (including phenoxy) is 2. The van der Waals surface area contributed by atoms with Crippen LogP contribution in [-0.2, 0) is 14.3 Å². The van der Waals surface area contributed by atoms with E-state index in [1.165, 1.54) is 0 Å². The summed E-state index contributed by atoms with van der Waals surface area (Å²) in [5, 5.41) is 2.71. The molecule has 0 spiro atoms. The fraction of sp³-hybridized carbons (Fsp3) is 0.789. The molecule has 0 heterocycles. The Labute approximate surface area is 147 Å². The number of alkyl carbamates (subject to hydrolysis) is 1. The molecule has 140 valence electrons. The van der Waals surface area contributed by atoms with E-state index in [2.05, 4.69) is 18.8 Å². The second-order valence-corrected chi connectivity index (χ2v) is 7.25. The predicted molar refractivity (Wildman–Crippen MR) is 96.8 cm³/mol. The van der Waals surface area contributed by atoms with Crippen molar-refractivity contribution in [2.75, 3.05) is 6.61 Å². The normalized spacial score (nSPS) is 15.1. The van der Waals surface area contributed by atoms with Crippen LogP contribution in [0.3, 0.4) is 0 Å². The van der Waals surface area contributed by atoms with Gasteiger partial charge >= 0.3 is 12.1 Å². The molecule has 1 unspecified atom stereocenters. The van der Waals surface area contributed by atoms with Gasteiger partial charge in [0, 0.05) is 0 Å². The third-order valence-electron chi connectivity index (χ3n) is 3.78. The topological polar surface area (TPSA) is 64.6 Å². The lowest BCUT2D eigenvalue weighted by Crippen LogP contribution is -2.48. The van der Waals surface area contributed by atoms with Crippen LogP contribution in [0.2, 0.25) is 0 Å². The van der Waals surface area contributed by atoms with Gasteiger partial charge in [-0.15, -0.1) is 6.58 Å². The molecule has 0 saturated carbocycles. The Bertz CT molecular complexity index is 401. The highest BCUT2D eigenvalue weighted by Gasteiger charge is 2.32. The number of esters is 1. The molecule has 1 amide bonds. The summed E-state index contributed by atoms with van der Waals surface area (Å²) < 4.78 is 10.4. The largest absolute Gasteiger partial charge is 0.464 e. The molecule has 5 heteroatoms. The first kappa shape index (κ1) is 22.5. The molecule has 0 aliphatic carbocycles. The maximum Gasteiger partial charge on any atom is 0.408 e. The van der Waals surface area contributed by atoms with Crippen LogP contribution in [0.5, 0.6) is 0 Å². The van der Waals surface area contributed by atoms with Gasteiger partial charge < -0.3 is 14.8 Å². The van der Waals surface area contributed by atoms with Gasteiger partial charge in [-0.2, -0.15) is 0 Å². The van der Waals surface area contributed by atoms with E-state index >= 15 is 0 Å². The van der Waals surface area contributed by atoms with Crippen LogP contribution >= 0.6 is 0 Å². The van der Waals surface area contributed by atoms with E-state index in [1.807, 2.05) is 13.0 Å². The van der Waals surface area contributed by atoms with Crippen molar-refractivity contribution in [2.24, 2.45) is 11.8 Å². The molecule has 0 fully saturated rings. The first-order chi connectivity index (χ1) is 11.1. The number of rotatable bonds is 10. The molecule has 0 saturated heterocycles. The van der Waals surface area contributed by atoms with E-state index in [9.17, 15) is 9.59 Å². The fourth-order valence-corrected chi connectivity index (χ4v) is 2.61. The summed E-state index contributed by atoms with van der Waals surface area (Å²) in [6, 6.07) is -0.684. The van der Waals surface area contributed by atoms with Crippen LogP contribution in [0.1, 0.15) is 67.2 Å². The number of hydrogen-bond acceptors (Lipinski definition) is 4. The number of nitrogens with one attached hydrogen (secondary N) is 1. The zero-order chi connectivity index (χ0) is 18.8. The number of allylic oxidation sites excluding steroid dienone is 1. The molecule has 0 aromatic heterocycles. The van der Waals surface area contributed by atoms with Gasteiger partial charge in [-0.1, -0.05) is 26.3 Å². The molecule has 5 nitrogen and oxygen atoms in total. The summed E-state index contributed by atoms with van der Waals surface area (Å²) in [6.07, 6.45) is 4.89. The van der Waals surface area contributed by atoms with Crippen molar-refractivity contribution in [1.82, 2.24) is 5.32 Å². The SMILES string of the molecule is C=CCC[C@@H](C)C[C@@H](CC)C(NC(=O)OC(C)(C)C)C(=O)OCC. The number of hydrogen-bond donors (Lipinski definition) is 1. The molecular formula is C19H35NO4. The summed E-state index contributed by atoms with van der Waals surface area (Å²) in [6.45, 7) is 15.3. The van der Waals surface area contributed by atoms with Gasteiger partial charge in [0.05, 0.1) is 6.61 Å². The van der Waals surface area contributed by atoms with Crippen LogP contribution in [0.15, 0.2) is 12.7 Å². The highest BCUT2D eigenvalue weighted by molar-refractivity contribution is 5.81. The van der Waals surface area contributed by atoms with Gasteiger partial charge in [0.15, 0.2) is 0 Å². The Morgan fingerprint density at radius 1 is 1.25 bits per heavy atom. The number of carbonyl (C=O) groups excluding carboxylic acids is 2. The highest BCUT2D eigenvalue weighted by atomic mass is 16.6. The maximum atomic E-state index is 12.3. The van der Waals surface area contributed by atoms with E-state index in [4.69, 9.17) is 9.47 Å². The second kappa shape index (κ2) is 11.1. The van der Waals surface area contributed by atoms with Crippen LogP contribution in [-0.4, -0.2) is 30.3 Å². The van der Waals surface area contributed by atoms with Crippen molar-refractivity contribution in [3.05, 3.63) is 12.7 Å². The van der Waals surface area contributed by atoms with Gasteiger partial charge in [0.1, 0.15) is 11.6 Å². The van der Waals surface area contributed by atoms with Gasteiger partial charge in [0.2, 0.25) is 0 Å². The molecule has 1 N–H and O–H groups in total. The van der Waals surface area contributed by atoms with Crippen LogP contribution in [0.4, 0.5) is 4.79 Å². The Balaban J connectivity index is 5.02. The average Bonchev–Trinajstić information content (AvgIpc) is 2.46. The highest BCUT2D eigenvalue weighted by Crippen LogP contribution is 2.24. The summed E-state index contributed by atoms with van der Waals surface area (Å²) in [5.41, 5.74) is -0.609. The standard InChI is InChI=1S/C19H35NO4/c1-8-11-12-14(4)13-15(9-2)16(17(21)23-10-3)20-18(22)24-19(5,6)7/h8,14-16H,1,9-13H2,2-7H3,(H,20,22)/t14-,15-,16?/m1/s1. The molecular weight excluding hydrogens is 306 g/mol. The summed E-state index contributed by atoms with van der Waals surface area (Å²) in [7, 11) is 0. The third kappa shape index (κ3) is 9.58. The summed E-state index contributed by atoms with van der Waals surface area (Å²) in [4.78, 5) is 24.4. The lowest BCUT2D eigenvalue weighted by molar-refractivity contribution is -0.147. The Morgan fingerprint density at radius 3 is 2.33 bits per heavy atom. The van der Waals surface area contributed by atoms with Gasteiger partial charge in [-0.25, -0.2) is 9.59 Å². The molecule has 0 aromatic rings. The fourth-order valence-electron chi connectivity index (χ4n) is 2.61. The lowest BCUT2D eigenvalue weighted by Gasteiger charge is -2.29. The van der Waals surface area contributed by atoms with Gasteiger partial charge in [-0.3, -0.25) is 0 Å². The second-order valence-electron chi connectivity index (χ2n) is 7.25. The summed E-state index contributed by atoms with van der Waals surface area (Å²) >= 11 is 0. The van der Waals surface area contributed by atoms with Crippen LogP contribution in [0, 0.1) is 11.8 Å². The average molecular weight is 341 g/mol. The molecule has 0 aliphatic heterocycles. The first-order valence-electron chi connectivity index (χ1n) is 8.91. The van der Waals surface area contributed by atoms with Crippen LogP contribution in [0.25, 0.3) is 0 Å². The molecule has 24 heavy (non-hydrogen) atoms. The van der Waals surface area contributed by atoms with E-state index < -0.39 is 23.7 Å². The molecule has 0 rings (SSSR count). The zero-order valence-electron chi connectivity index (χ0n) is 16.2. The molecule has 0 aromatic carbocycles. The Morgan fingerprint density at radius 2 is 1.88 bits per heavy atom. The minimum absolute atomic E-state index is 0.0105. The number of carbonyl (C=O) groups is 2. The minimum atomic E-state index is -0.684. The van der Waals surface area contributed by atoms with Crippen molar-refractivity contribution in [2.45, 2.75) is 78.9 Å². The Kier molecular flexibility index (Phi) is 10.4. The van der Waals surface area contributed by atoms with Gasteiger partial charge in [0.25, 0.3) is 0 Å². The van der Waals surface area contributed by atoms with E-state index in [0.717, 1.165) is 25.7 Å².